The van der Waals surface area contributed by atoms with Crippen molar-refractivity contribution in [2.24, 2.45) is 10.9 Å². The Morgan fingerprint density at radius 3 is 3.04 bits per heavy atom. The van der Waals surface area contributed by atoms with Crippen LogP contribution in [0.15, 0.2) is 29.3 Å². The molecule has 3 rings (SSSR count). The highest BCUT2D eigenvalue weighted by Gasteiger charge is 2.39. The van der Waals surface area contributed by atoms with Crippen LogP contribution in [0.25, 0.3) is 0 Å². The summed E-state index contributed by atoms with van der Waals surface area (Å²) in [6.07, 6.45) is 2.29. The first-order chi connectivity index (χ1) is 11.2. The van der Waals surface area contributed by atoms with E-state index in [9.17, 15) is 0 Å². The van der Waals surface area contributed by atoms with Gasteiger partial charge in [-0.1, -0.05) is 23.7 Å². The average molecular weight is 336 g/mol. The fraction of sp³-hybridized carbons (Fsp3) is 0.611. The first-order valence-corrected chi connectivity index (χ1v) is 8.90. The van der Waals surface area contributed by atoms with E-state index < -0.39 is 0 Å². The Hall–Kier alpha value is -1.26. The van der Waals surface area contributed by atoms with Gasteiger partial charge in [-0.25, -0.2) is 0 Å². The number of guanidine groups is 1. The molecule has 1 aromatic carbocycles. The normalized spacial score (nSPS) is 27.1. The number of halogens is 1. The fourth-order valence-corrected chi connectivity index (χ4v) is 3.45. The van der Waals surface area contributed by atoms with Gasteiger partial charge in [-0.05, 0) is 37.5 Å². The molecule has 1 aromatic rings. The first-order valence-electron chi connectivity index (χ1n) is 8.52. The summed E-state index contributed by atoms with van der Waals surface area (Å²) in [5.41, 5.74) is 1.32. The largest absolute Gasteiger partial charge is 0.381 e. The Bertz CT molecular complexity index is 557. The van der Waals surface area contributed by atoms with Gasteiger partial charge in [0.15, 0.2) is 5.96 Å². The van der Waals surface area contributed by atoms with Gasteiger partial charge in [0.1, 0.15) is 0 Å². The molecule has 0 bridgehead atoms. The highest BCUT2D eigenvalue weighted by Crippen LogP contribution is 2.41. The van der Waals surface area contributed by atoms with Gasteiger partial charge < -0.3 is 15.0 Å². The van der Waals surface area contributed by atoms with Crippen LogP contribution in [-0.2, 0) is 4.74 Å². The lowest BCUT2D eigenvalue weighted by atomic mass is 10.1. The third-order valence-corrected chi connectivity index (χ3v) is 4.84. The highest BCUT2D eigenvalue weighted by molar-refractivity contribution is 6.30. The van der Waals surface area contributed by atoms with Gasteiger partial charge in [-0.2, -0.15) is 0 Å². The topological polar surface area (TPSA) is 36.9 Å². The van der Waals surface area contributed by atoms with Crippen molar-refractivity contribution < 1.29 is 4.74 Å². The summed E-state index contributed by atoms with van der Waals surface area (Å²) in [5.74, 6) is 2.17. The molecule has 2 fully saturated rings. The van der Waals surface area contributed by atoms with E-state index in [0.717, 1.165) is 50.1 Å². The zero-order valence-corrected chi connectivity index (χ0v) is 14.7. The van der Waals surface area contributed by atoms with E-state index in [1.165, 1.54) is 5.56 Å². The Morgan fingerprint density at radius 1 is 1.48 bits per heavy atom. The van der Waals surface area contributed by atoms with Crippen LogP contribution in [0.2, 0.25) is 5.02 Å². The first kappa shape index (κ1) is 16.6. The van der Waals surface area contributed by atoms with Gasteiger partial charge in [0.25, 0.3) is 0 Å². The maximum atomic E-state index is 6.10. The van der Waals surface area contributed by atoms with E-state index in [2.05, 4.69) is 41.3 Å². The van der Waals surface area contributed by atoms with Crippen LogP contribution in [0, 0.1) is 5.92 Å². The van der Waals surface area contributed by atoms with E-state index in [-0.39, 0.29) is 0 Å². The van der Waals surface area contributed by atoms with Gasteiger partial charge in [0, 0.05) is 49.6 Å². The van der Waals surface area contributed by atoms with Crippen LogP contribution in [-0.4, -0.2) is 50.3 Å². The van der Waals surface area contributed by atoms with Crippen LogP contribution in [0.3, 0.4) is 0 Å². The Labute approximate surface area is 143 Å². The molecule has 5 heteroatoms. The summed E-state index contributed by atoms with van der Waals surface area (Å²) < 4.78 is 5.48. The van der Waals surface area contributed by atoms with Crippen LogP contribution >= 0.6 is 11.6 Å². The van der Waals surface area contributed by atoms with Crippen molar-refractivity contribution in [2.75, 3.05) is 33.4 Å². The molecule has 1 aliphatic heterocycles. The summed E-state index contributed by atoms with van der Waals surface area (Å²) >= 11 is 6.10. The molecule has 0 aromatic heterocycles. The Balaban J connectivity index is 1.57. The van der Waals surface area contributed by atoms with Crippen LogP contribution in [0.4, 0.5) is 0 Å². The third kappa shape index (κ3) is 4.39. The molecule has 1 saturated heterocycles. The van der Waals surface area contributed by atoms with Crippen molar-refractivity contribution in [3.63, 3.8) is 0 Å². The molecular formula is C18H26ClN3O. The van der Waals surface area contributed by atoms with Crippen LogP contribution in [0.5, 0.6) is 0 Å². The summed E-state index contributed by atoms with van der Waals surface area (Å²) in [7, 11) is 2.12. The predicted molar refractivity (Wildman–Crippen MR) is 95.3 cm³/mol. The number of nitrogens with zero attached hydrogens (tertiary/aromatic N) is 2. The average Bonchev–Trinajstić information content (AvgIpc) is 3.11. The predicted octanol–water partition coefficient (Wildman–Crippen LogP) is 3.13. The van der Waals surface area contributed by atoms with Gasteiger partial charge in [0.05, 0.1) is 6.61 Å². The molecule has 0 spiro atoms. The number of ether oxygens (including phenoxy) is 1. The number of rotatable bonds is 5. The van der Waals surface area contributed by atoms with Gasteiger partial charge >= 0.3 is 0 Å². The van der Waals surface area contributed by atoms with E-state index in [4.69, 9.17) is 16.3 Å². The van der Waals surface area contributed by atoms with Crippen molar-refractivity contribution in [1.29, 1.82) is 0 Å². The fourth-order valence-electron chi connectivity index (χ4n) is 3.25. The number of benzene rings is 1. The number of nitrogens with one attached hydrogen (secondary N) is 1. The number of hydrogen-bond donors (Lipinski definition) is 1. The Morgan fingerprint density at radius 2 is 2.35 bits per heavy atom. The minimum atomic E-state index is 0.459. The molecule has 2 aliphatic rings. The van der Waals surface area contributed by atoms with E-state index in [0.29, 0.717) is 17.9 Å². The number of aliphatic imine (C=N–C) groups is 1. The molecule has 3 atom stereocenters. The molecule has 1 N–H and O–H groups in total. The summed E-state index contributed by atoms with van der Waals surface area (Å²) in [4.78, 5) is 6.90. The lowest BCUT2D eigenvalue weighted by Gasteiger charge is -2.25. The molecule has 4 nitrogen and oxygen atoms in total. The van der Waals surface area contributed by atoms with Gasteiger partial charge in [-0.15, -0.1) is 0 Å². The lowest BCUT2D eigenvalue weighted by Crippen LogP contribution is -2.43. The van der Waals surface area contributed by atoms with E-state index >= 15 is 0 Å². The van der Waals surface area contributed by atoms with Crippen molar-refractivity contribution >= 4 is 17.6 Å². The Kier molecular flexibility index (Phi) is 5.44. The third-order valence-electron chi connectivity index (χ3n) is 4.61. The second kappa shape index (κ2) is 7.54. The van der Waals surface area contributed by atoms with Crippen molar-refractivity contribution in [3.8, 4) is 0 Å². The van der Waals surface area contributed by atoms with Crippen molar-refractivity contribution in [1.82, 2.24) is 10.2 Å². The van der Waals surface area contributed by atoms with Gasteiger partial charge in [-0.3, -0.25) is 4.99 Å². The molecular weight excluding hydrogens is 310 g/mol. The number of hydrogen-bond acceptors (Lipinski definition) is 2. The zero-order valence-electron chi connectivity index (χ0n) is 14.0. The monoisotopic (exact) mass is 335 g/mol. The van der Waals surface area contributed by atoms with Gasteiger partial charge in [0.2, 0.25) is 0 Å². The maximum Gasteiger partial charge on any atom is 0.193 e. The van der Waals surface area contributed by atoms with Crippen LogP contribution < -0.4 is 5.32 Å². The molecule has 126 valence electrons. The molecule has 1 aliphatic carbocycles. The minimum Gasteiger partial charge on any atom is -0.381 e. The van der Waals surface area contributed by atoms with Crippen molar-refractivity contribution in [2.45, 2.75) is 31.7 Å². The SMILES string of the molecule is CCN=C(NC1CC1c1cccc(Cl)c1)N(C)CC1CCOC1. The second-order valence-electron chi connectivity index (χ2n) is 6.56. The smallest absolute Gasteiger partial charge is 0.193 e. The lowest BCUT2D eigenvalue weighted by molar-refractivity contribution is 0.181. The van der Waals surface area contributed by atoms with Crippen LogP contribution in [0.1, 0.15) is 31.2 Å². The molecule has 1 heterocycles. The standard InChI is InChI=1S/C18H26ClN3O/c1-3-20-18(22(2)11-13-7-8-23-12-13)21-17-10-16(17)14-5-4-6-15(19)9-14/h4-6,9,13,16-17H,3,7-8,10-12H2,1-2H3,(H,20,21). The summed E-state index contributed by atoms with van der Waals surface area (Å²) in [6, 6.07) is 8.65. The molecule has 1 saturated carbocycles. The quantitative estimate of drug-likeness (QED) is 0.663. The molecule has 0 amide bonds. The molecule has 23 heavy (non-hydrogen) atoms. The highest BCUT2D eigenvalue weighted by atomic mass is 35.5. The zero-order chi connectivity index (χ0) is 16.2. The summed E-state index contributed by atoms with van der Waals surface area (Å²) in [5, 5.41) is 4.44. The second-order valence-corrected chi connectivity index (χ2v) is 6.99. The van der Waals surface area contributed by atoms with E-state index in [1.807, 2.05) is 12.1 Å². The summed E-state index contributed by atoms with van der Waals surface area (Å²) in [6.45, 7) is 5.64. The van der Waals surface area contributed by atoms with Crippen molar-refractivity contribution in [3.05, 3.63) is 34.9 Å². The molecule has 3 unspecified atom stereocenters. The minimum absolute atomic E-state index is 0.459. The molecule has 0 radical (unpaired) electrons. The van der Waals surface area contributed by atoms with E-state index in [1.54, 1.807) is 0 Å². The maximum absolute atomic E-state index is 6.10.